The summed E-state index contributed by atoms with van der Waals surface area (Å²) in [6, 6.07) is 24.1. The highest BCUT2D eigenvalue weighted by Crippen LogP contribution is 2.24. The van der Waals surface area contributed by atoms with Crippen LogP contribution in [0.3, 0.4) is 0 Å². The first-order chi connectivity index (χ1) is 19.2. The van der Waals surface area contributed by atoms with Crippen molar-refractivity contribution in [3.8, 4) is 11.5 Å². The normalized spacial score (nSPS) is 12.2. The van der Waals surface area contributed by atoms with Crippen LogP contribution in [0.25, 0.3) is 0 Å². The molecule has 0 bridgehead atoms. The number of amidine groups is 1. The lowest BCUT2D eigenvalue weighted by atomic mass is 9.99. The maximum Gasteiger partial charge on any atom is 0.250 e. The summed E-state index contributed by atoms with van der Waals surface area (Å²) < 4.78 is 5.87. The van der Waals surface area contributed by atoms with E-state index in [2.05, 4.69) is 16.9 Å². The summed E-state index contributed by atoms with van der Waals surface area (Å²) in [7, 11) is 5.62. The predicted molar refractivity (Wildman–Crippen MR) is 165 cm³/mol. The number of carbonyl (C=O) groups is 1. The monoisotopic (exact) mass is 536 g/mol. The molecule has 0 aliphatic rings. The summed E-state index contributed by atoms with van der Waals surface area (Å²) in [5.74, 6) is 1.66. The molecule has 0 aliphatic carbocycles. The van der Waals surface area contributed by atoms with Crippen LogP contribution in [0.4, 0.5) is 11.4 Å². The second kappa shape index (κ2) is 14.3. The molecule has 3 aromatic carbocycles. The molecular weight excluding hydrogens is 500 g/mol. The zero-order valence-electron chi connectivity index (χ0n) is 23.4. The second-order valence-corrected chi connectivity index (χ2v) is 9.27. The van der Waals surface area contributed by atoms with Gasteiger partial charge in [0.15, 0.2) is 0 Å². The van der Waals surface area contributed by atoms with Gasteiger partial charge < -0.3 is 25.6 Å². The number of nitrogens with two attached hydrogens (primary N) is 1. The Labute approximate surface area is 236 Å². The van der Waals surface area contributed by atoms with Gasteiger partial charge in [-0.25, -0.2) is 4.99 Å². The van der Waals surface area contributed by atoms with Gasteiger partial charge in [-0.1, -0.05) is 30.9 Å². The molecule has 0 aliphatic heterocycles. The topological polar surface area (TPSA) is 107 Å². The number of hydrogen-bond donors (Lipinski definition) is 3. The van der Waals surface area contributed by atoms with Crippen LogP contribution in [0.5, 0.6) is 11.5 Å². The van der Waals surface area contributed by atoms with E-state index < -0.39 is 0 Å². The number of para-hydroxylation sites is 1. The lowest BCUT2D eigenvalue weighted by Crippen LogP contribution is -2.25. The van der Waals surface area contributed by atoms with Crippen molar-refractivity contribution in [2.75, 3.05) is 37.9 Å². The maximum atomic E-state index is 12.5. The van der Waals surface area contributed by atoms with Crippen molar-refractivity contribution in [2.45, 2.75) is 6.92 Å². The summed E-state index contributed by atoms with van der Waals surface area (Å²) in [6.45, 7) is 6.14. The first-order valence-electron chi connectivity index (χ1n) is 12.7. The number of anilines is 2. The Balaban J connectivity index is 1.76. The molecule has 0 unspecified atom stereocenters. The van der Waals surface area contributed by atoms with E-state index >= 15 is 0 Å². The Hall–Kier alpha value is -4.95. The average molecular weight is 537 g/mol. The van der Waals surface area contributed by atoms with E-state index in [0.29, 0.717) is 40.7 Å². The van der Waals surface area contributed by atoms with E-state index in [9.17, 15) is 4.79 Å². The number of rotatable bonds is 11. The largest absolute Gasteiger partial charge is 0.457 e. The van der Waals surface area contributed by atoms with Gasteiger partial charge in [0.1, 0.15) is 17.3 Å². The van der Waals surface area contributed by atoms with Crippen LogP contribution in [0.15, 0.2) is 120 Å². The number of allylic oxidation sites excluding steroid dienone is 1. The molecule has 0 saturated carbocycles. The van der Waals surface area contributed by atoms with Crippen molar-refractivity contribution in [3.63, 3.8) is 0 Å². The van der Waals surface area contributed by atoms with Gasteiger partial charge in [-0.15, -0.1) is 0 Å². The van der Waals surface area contributed by atoms with Crippen LogP contribution in [0, 0.1) is 5.41 Å². The molecule has 3 aromatic rings. The van der Waals surface area contributed by atoms with Crippen LogP contribution in [0.1, 0.15) is 12.5 Å². The van der Waals surface area contributed by atoms with E-state index in [1.807, 2.05) is 104 Å². The highest BCUT2D eigenvalue weighted by molar-refractivity contribution is 6.32. The van der Waals surface area contributed by atoms with Gasteiger partial charge in [0.25, 0.3) is 0 Å². The molecule has 0 atom stereocenters. The highest BCUT2D eigenvalue weighted by Gasteiger charge is 2.18. The first kappa shape index (κ1) is 29.6. The second-order valence-electron chi connectivity index (χ2n) is 9.27. The number of aliphatic imine (C=N–C) groups is 1. The van der Waals surface area contributed by atoms with Gasteiger partial charge in [-0.2, -0.15) is 0 Å². The van der Waals surface area contributed by atoms with Crippen LogP contribution < -0.4 is 20.7 Å². The molecule has 0 fully saturated rings. The fourth-order valence-corrected chi connectivity index (χ4v) is 3.72. The number of ether oxygens (including phenoxy) is 1. The molecule has 40 heavy (non-hydrogen) atoms. The van der Waals surface area contributed by atoms with Crippen molar-refractivity contribution in [2.24, 2.45) is 10.7 Å². The molecule has 0 saturated heterocycles. The average Bonchev–Trinajstić information content (AvgIpc) is 2.93. The Morgan fingerprint density at radius 1 is 1.00 bits per heavy atom. The molecule has 8 nitrogen and oxygen atoms in total. The number of nitrogens with one attached hydrogen (secondary N) is 2. The molecular formula is C32H36N6O2. The Morgan fingerprint density at radius 3 is 2.20 bits per heavy atom. The third-order valence-corrected chi connectivity index (χ3v) is 5.80. The number of hydrogen-bond acceptors (Lipinski definition) is 6. The zero-order valence-corrected chi connectivity index (χ0v) is 23.4. The fraction of sp³-hybridized carbons (Fsp3) is 0.156. The molecule has 0 spiro atoms. The highest BCUT2D eigenvalue weighted by atomic mass is 16.5. The van der Waals surface area contributed by atoms with Crippen molar-refractivity contribution < 1.29 is 9.53 Å². The van der Waals surface area contributed by atoms with Gasteiger partial charge in [0, 0.05) is 48.5 Å². The minimum Gasteiger partial charge on any atom is -0.457 e. The van der Waals surface area contributed by atoms with Crippen LogP contribution in [-0.2, 0) is 4.79 Å². The van der Waals surface area contributed by atoms with E-state index in [1.54, 1.807) is 24.9 Å². The smallest absolute Gasteiger partial charge is 0.250 e. The van der Waals surface area contributed by atoms with Gasteiger partial charge in [-0.05, 0) is 81.7 Å². The van der Waals surface area contributed by atoms with Gasteiger partial charge in [0.05, 0.1) is 11.3 Å². The van der Waals surface area contributed by atoms with Gasteiger partial charge >= 0.3 is 0 Å². The number of carbonyl (C=O) groups excluding carboxylic acids is 1. The molecule has 206 valence electrons. The molecule has 1 amide bonds. The molecule has 3 rings (SSSR count). The summed E-state index contributed by atoms with van der Waals surface area (Å²) >= 11 is 0. The van der Waals surface area contributed by atoms with Gasteiger partial charge in [0.2, 0.25) is 5.91 Å². The summed E-state index contributed by atoms with van der Waals surface area (Å²) in [5.41, 5.74) is 9.42. The summed E-state index contributed by atoms with van der Waals surface area (Å²) in [4.78, 5) is 20.4. The Morgan fingerprint density at radius 2 is 1.62 bits per heavy atom. The number of amides is 1. The quantitative estimate of drug-likeness (QED) is 0.163. The molecule has 0 heterocycles. The van der Waals surface area contributed by atoms with Crippen LogP contribution >= 0.6 is 0 Å². The number of likely N-dealkylation sites (N-methyl/N-ethyl adjacent to an activating group) is 2. The van der Waals surface area contributed by atoms with Crippen molar-refractivity contribution in [1.82, 2.24) is 4.90 Å². The fourth-order valence-electron chi connectivity index (χ4n) is 3.72. The minimum absolute atomic E-state index is 0.117. The van der Waals surface area contributed by atoms with E-state index in [1.165, 1.54) is 6.20 Å². The summed E-state index contributed by atoms with van der Waals surface area (Å²) in [6.07, 6.45) is 4.79. The molecule has 0 aromatic heterocycles. The van der Waals surface area contributed by atoms with Crippen LogP contribution in [0.2, 0.25) is 0 Å². The molecule has 0 radical (unpaired) electrons. The van der Waals surface area contributed by atoms with Crippen molar-refractivity contribution in [3.05, 3.63) is 121 Å². The van der Waals surface area contributed by atoms with E-state index in [4.69, 9.17) is 15.9 Å². The predicted octanol–water partition coefficient (Wildman–Crippen LogP) is 5.81. The number of nitrogens with zero attached hydrogens (tertiary/aromatic N) is 3. The first-order valence-corrected chi connectivity index (χ1v) is 12.7. The summed E-state index contributed by atoms with van der Waals surface area (Å²) in [5, 5.41) is 12.2. The molecule has 8 heteroatoms. The molecule has 4 N–H and O–H groups in total. The van der Waals surface area contributed by atoms with E-state index in [-0.39, 0.29) is 11.6 Å². The SMILES string of the molecule is C=CN=C(Nc1ccc(N(C)C(=O)/C=C/CN(C)C)cc1)/C(C(=N)c1ccc(Oc2ccccc2)cc1)=C(\C)N. The minimum atomic E-state index is -0.117. The number of benzene rings is 3. The van der Waals surface area contributed by atoms with E-state index in [0.717, 1.165) is 11.4 Å². The zero-order chi connectivity index (χ0) is 29.1. The standard InChI is InChI=1S/C32H36N6O2/c1-6-35-32(36-25-16-18-26(19-17-25)38(5)29(39)13-10-22-37(3)4)30(23(2)33)31(34)24-14-20-28(21-15-24)40-27-11-8-7-9-12-27/h6-21,34H,1,22,33H2,2-5H3,(H,35,36)/b13-10+,30-23+,34-31?. The van der Waals surface area contributed by atoms with Crippen molar-refractivity contribution in [1.29, 1.82) is 5.41 Å². The Kier molecular flexibility index (Phi) is 10.6. The van der Waals surface area contributed by atoms with Crippen LogP contribution in [-0.4, -0.2) is 50.0 Å². The third-order valence-electron chi connectivity index (χ3n) is 5.80. The Bertz CT molecular complexity index is 1400. The third kappa shape index (κ3) is 8.28. The van der Waals surface area contributed by atoms with Crippen molar-refractivity contribution >= 4 is 28.8 Å². The lowest BCUT2D eigenvalue weighted by Gasteiger charge is -2.18. The lowest BCUT2D eigenvalue weighted by molar-refractivity contribution is -0.113. The maximum absolute atomic E-state index is 12.5. The van der Waals surface area contributed by atoms with Gasteiger partial charge in [-0.3, -0.25) is 10.2 Å².